The summed E-state index contributed by atoms with van der Waals surface area (Å²) < 4.78 is 1.17. The summed E-state index contributed by atoms with van der Waals surface area (Å²) in [4.78, 5) is 41.8. The third kappa shape index (κ3) is 4.86. The topological polar surface area (TPSA) is 117 Å². The first-order valence-electron chi connectivity index (χ1n) is 10.4. The number of aryl methyl sites for hydroxylation is 1. The number of anilines is 2. The zero-order valence-corrected chi connectivity index (χ0v) is 18.4. The molecule has 9 nitrogen and oxygen atoms in total. The van der Waals surface area contributed by atoms with Crippen LogP contribution in [0.5, 0.6) is 0 Å². The summed E-state index contributed by atoms with van der Waals surface area (Å²) >= 11 is 1.68. The van der Waals surface area contributed by atoms with Crippen LogP contribution in [-0.4, -0.2) is 41.4 Å². The highest BCUT2D eigenvalue weighted by Gasteiger charge is 2.23. The lowest BCUT2D eigenvalue weighted by atomic mass is 9.97. The summed E-state index contributed by atoms with van der Waals surface area (Å²) in [5.41, 5.74) is 1.75. The van der Waals surface area contributed by atoms with Crippen LogP contribution >= 0.6 is 11.3 Å². The number of benzene rings is 2. The lowest BCUT2D eigenvalue weighted by Gasteiger charge is -2.31. The molecule has 4 rings (SSSR count). The monoisotopic (exact) mass is 453 g/mol. The van der Waals surface area contributed by atoms with E-state index >= 15 is 0 Å². The van der Waals surface area contributed by atoms with E-state index in [4.69, 9.17) is 4.98 Å². The van der Waals surface area contributed by atoms with Crippen molar-refractivity contribution in [2.75, 3.05) is 29.9 Å². The second-order valence-electron chi connectivity index (χ2n) is 7.82. The van der Waals surface area contributed by atoms with Gasteiger partial charge >= 0.3 is 11.8 Å². The number of carbonyl (C=O) groups is 2. The SMILES string of the molecule is Cc1ccc([N+](=O)[O-])cc1NC(=O)C(=O)NCC1CCN(c2nc3ccccc3s2)CC1. The fraction of sp³-hybridized carbons (Fsp3) is 0.318. The Bertz CT molecular complexity index is 1140. The van der Waals surface area contributed by atoms with E-state index in [-0.39, 0.29) is 17.3 Å². The van der Waals surface area contributed by atoms with Crippen LogP contribution in [0.15, 0.2) is 42.5 Å². The Hall–Kier alpha value is -3.53. The molecule has 0 spiro atoms. The number of nitro groups is 1. The number of hydrogen-bond donors (Lipinski definition) is 2. The highest BCUT2D eigenvalue weighted by atomic mass is 32.1. The number of piperidine rings is 1. The number of amides is 2. The van der Waals surface area contributed by atoms with Gasteiger partial charge in [0.2, 0.25) is 0 Å². The number of nitrogens with zero attached hydrogens (tertiary/aromatic N) is 3. The van der Waals surface area contributed by atoms with Gasteiger partial charge in [0.05, 0.1) is 20.8 Å². The molecule has 32 heavy (non-hydrogen) atoms. The number of hydrogen-bond acceptors (Lipinski definition) is 7. The summed E-state index contributed by atoms with van der Waals surface area (Å²) in [5, 5.41) is 17.1. The van der Waals surface area contributed by atoms with Crippen LogP contribution in [0.3, 0.4) is 0 Å². The zero-order chi connectivity index (χ0) is 22.7. The molecule has 1 saturated heterocycles. The third-order valence-corrected chi connectivity index (χ3v) is 6.70. The highest BCUT2D eigenvalue weighted by Crippen LogP contribution is 2.31. The van der Waals surface area contributed by atoms with Crippen LogP contribution in [0, 0.1) is 23.0 Å². The highest BCUT2D eigenvalue weighted by molar-refractivity contribution is 7.22. The molecule has 0 bridgehead atoms. The summed E-state index contributed by atoms with van der Waals surface area (Å²) in [5.74, 6) is -1.30. The summed E-state index contributed by atoms with van der Waals surface area (Å²) in [6.07, 6.45) is 1.78. The molecule has 0 aliphatic carbocycles. The van der Waals surface area contributed by atoms with Gasteiger partial charge in [0.25, 0.3) is 5.69 Å². The third-order valence-electron chi connectivity index (χ3n) is 5.61. The molecule has 2 aromatic carbocycles. The zero-order valence-electron chi connectivity index (χ0n) is 17.5. The van der Waals surface area contributed by atoms with Gasteiger partial charge in [-0.25, -0.2) is 4.98 Å². The van der Waals surface area contributed by atoms with Crippen molar-refractivity contribution >= 4 is 49.9 Å². The Balaban J connectivity index is 1.26. The molecule has 1 aromatic heterocycles. The van der Waals surface area contributed by atoms with E-state index < -0.39 is 16.7 Å². The Labute approximate surface area is 188 Å². The van der Waals surface area contributed by atoms with Crippen LogP contribution in [0.4, 0.5) is 16.5 Å². The molecule has 1 aliphatic heterocycles. The first kappa shape index (κ1) is 21.7. The normalized spacial score (nSPS) is 14.3. The Morgan fingerprint density at radius 2 is 1.94 bits per heavy atom. The lowest BCUT2D eigenvalue weighted by Crippen LogP contribution is -2.41. The minimum Gasteiger partial charge on any atom is -0.348 e. The number of nitro benzene ring substituents is 1. The number of carbonyl (C=O) groups excluding carboxylic acids is 2. The van der Waals surface area contributed by atoms with E-state index in [1.54, 1.807) is 18.3 Å². The number of para-hydroxylation sites is 1. The predicted molar refractivity (Wildman–Crippen MR) is 124 cm³/mol. The van der Waals surface area contributed by atoms with E-state index in [0.717, 1.165) is 36.6 Å². The van der Waals surface area contributed by atoms with Crippen LogP contribution < -0.4 is 15.5 Å². The summed E-state index contributed by atoms with van der Waals surface area (Å²) in [6, 6.07) is 12.2. The van der Waals surface area contributed by atoms with Crippen molar-refractivity contribution in [3.63, 3.8) is 0 Å². The Morgan fingerprint density at radius 1 is 1.19 bits per heavy atom. The minimum absolute atomic E-state index is 0.147. The molecule has 2 amide bonds. The van der Waals surface area contributed by atoms with Crippen molar-refractivity contribution in [1.82, 2.24) is 10.3 Å². The van der Waals surface area contributed by atoms with Gasteiger partial charge in [-0.3, -0.25) is 19.7 Å². The van der Waals surface area contributed by atoms with Gasteiger partial charge < -0.3 is 15.5 Å². The molecule has 2 heterocycles. The average Bonchev–Trinajstić information content (AvgIpc) is 3.23. The van der Waals surface area contributed by atoms with E-state index in [1.165, 1.54) is 22.9 Å². The standard InChI is InChI=1S/C22H23N5O4S/c1-14-6-7-16(27(30)31)12-18(14)24-21(29)20(28)23-13-15-8-10-26(11-9-15)22-25-17-4-2-3-5-19(17)32-22/h2-7,12,15H,8-11,13H2,1H3,(H,23,28)(H,24,29). The number of aromatic nitrogens is 1. The fourth-order valence-electron chi connectivity index (χ4n) is 3.68. The van der Waals surface area contributed by atoms with Gasteiger partial charge in [-0.2, -0.15) is 0 Å². The van der Waals surface area contributed by atoms with Crippen LogP contribution in [0.2, 0.25) is 0 Å². The van der Waals surface area contributed by atoms with Crippen LogP contribution in [0.25, 0.3) is 10.2 Å². The van der Waals surface area contributed by atoms with E-state index in [1.807, 2.05) is 18.2 Å². The number of fused-ring (bicyclic) bond motifs is 1. The maximum absolute atomic E-state index is 12.2. The number of thiazole rings is 1. The molecule has 10 heteroatoms. The van der Waals surface area contributed by atoms with Crippen molar-refractivity contribution < 1.29 is 14.5 Å². The molecular weight excluding hydrogens is 430 g/mol. The van der Waals surface area contributed by atoms with Gasteiger partial charge in [-0.15, -0.1) is 0 Å². The molecular formula is C22H23N5O4S. The second kappa shape index (κ2) is 9.31. The average molecular weight is 454 g/mol. The Morgan fingerprint density at radius 3 is 2.66 bits per heavy atom. The minimum atomic E-state index is -0.833. The molecule has 0 radical (unpaired) electrons. The van der Waals surface area contributed by atoms with Gasteiger partial charge in [-0.05, 0) is 43.4 Å². The number of nitrogens with one attached hydrogen (secondary N) is 2. The largest absolute Gasteiger partial charge is 0.348 e. The Kier molecular flexibility index (Phi) is 6.31. The van der Waals surface area contributed by atoms with Gasteiger partial charge in [0.1, 0.15) is 0 Å². The van der Waals surface area contributed by atoms with Crippen LogP contribution in [0.1, 0.15) is 18.4 Å². The van der Waals surface area contributed by atoms with E-state index in [0.29, 0.717) is 12.1 Å². The molecule has 2 N–H and O–H groups in total. The van der Waals surface area contributed by atoms with E-state index in [2.05, 4.69) is 21.6 Å². The predicted octanol–water partition coefficient (Wildman–Crippen LogP) is 3.48. The molecule has 1 aliphatic rings. The van der Waals surface area contributed by atoms with Gasteiger partial charge in [0.15, 0.2) is 5.13 Å². The summed E-state index contributed by atoms with van der Waals surface area (Å²) in [6.45, 7) is 3.81. The first-order chi connectivity index (χ1) is 15.4. The van der Waals surface area contributed by atoms with E-state index in [9.17, 15) is 19.7 Å². The second-order valence-corrected chi connectivity index (χ2v) is 8.82. The number of non-ortho nitro benzene ring substituents is 1. The van der Waals surface area contributed by atoms with Crippen molar-refractivity contribution in [2.45, 2.75) is 19.8 Å². The van der Waals surface area contributed by atoms with Gasteiger partial charge in [0, 0.05) is 31.8 Å². The summed E-state index contributed by atoms with van der Waals surface area (Å²) in [7, 11) is 0. The molecule has 1 fully saturated rings. The molecule has 3 aromatic rings. The first-order valence-corrected chi connectivity index (χ1v) is 11.2. The molecule has 166 valence electrons. The van der Waals surface area contributed by atoms with Crippen molar-refractivity contribution in [1.29, 1.82) is 0 Å². The fourth-order valence-corrected chi connectivity index (χ4v) is 4.70. The number of rotatable bonds is 5. The lowest BCUT2D eigenvalue weighted by molar-refractivity contribution is -0.384. The molecule has 0 atom stereocenters. The van der Waals surface area contributed by atoms with Crippen LogP contribution in [-0.2, 0) is 9.59 Å². The smallest absolute Gasteiger partial charge is 0.313 e. The van der Waals surface area contributed by atoms with Gasteiger partial charge in [-0.1, -0.05) is 29.5 Å². The van der Waals surface area contributed by atoms with Crippen molar-refractivity contribution in [3.8, 4) is 0 Å². The molecule has 0 saturated carbocycles. The van der Waals surface area contributed by atoms with Crippen molar-refractivity contribution in [2.24, 2.45) is 5.92 Å². The maximum Gasteiger partial charge on any atom is 0.313 e. The van der Waals surface area contributed by atoms with Crippen molar-refractivity contribution in [3.05, 3.63) is 58.1 Å². The quantitative estimate of drug-likeness (QED) is 0.347. The molecule has 0 unspecified atom stereocenters. The maximum atomic E-state index is 12.2.